The topological polar surface area (TPSA) is 51.2 Å². The molecule has 0 radical (unpaired) electrons. The predicted molar refractivity (Wildman–Crippen MR) is 77.9 cm³/mol. The summed E-state index contributed by atoms with van der Waals surface area (Å²) in [5.74, 6) is 3.99. The largest absolute Gasteiger partial charge is 0.497 e. The van der Waals surface area contributed by atoms with Gasteiger partial charge >= 0.3 is 12.1 Å². The van der Waals surface area contributed by atoms with Crippen LogP contribution in [-0.2, 0) is 4.79 Å². The highest BCUT2D eigenvalue weighted by Crippen LogP contribution is 2.19. The van der Waals surface area contributed by atoms with Crippen molar-refractivity contribution in [2.24, 2.45) is 0 Å². The number of aromatic nitrogens is 1. The number of ether oxygens (including phenoxy) is 1. The van der Waals surface area contributed by atoms with Gasteiger partial charge in [0.25, 0.3) is 0 Å². The third kappa shape index (κ3) is 4.48. The molecule has 7 heteroatoms. The second kappa shape index (κ2) is 6.83. The van der Waals surface area contributed by atoms with E-state index >= 15 is 0 Å². The maximum absolute atomic E-state index is 12.3. The number of anilines is 1. The van der Waals surface area contributed by atoms with Crippen molar-refractivity contribution in [1.29, 1.82) is 0 Å². The number of benzene rings is 1. The molecule has 1 heterocycles. The Bertz CT molecular complexity index is 759. The minimum atomic E-state index is -4.98. The van der Waals surface area contributed by atoms with Gasteiger partial charge in [-0.3, -0.25) is 4.79 Å². The number of halogens is 3. The number of amides is 1. The maximum Gasteiger partial charge on any atom is 0.471 e. The molecule has 1 aromatic carbocycles. The lowest BCUT2D eigenvalue weighted by Crippen LogP contribution is -2.30. The van der Waals surface area contributed by atoms with Crippen LogP contribution in [0, 0.1) is 11.8 Å². The van der Waals surface area contributed by atoms with Crippen LogP contribution in [0.3, 0.4) is 0 Å². The van der Waals surface area contributed by atoms with E-state index < -0.39 is 12.1 Å². The fourth-order valence-electron chi connectivity index (χ4n) is 1.60. The van der Waals surface area contributed by atoms with Gasteiger partial charge in [0.05, 0.1) is 12.8 Å². The highest BCUT2D eigenvalue weighted by molar-refractivity contribution is 5.95. The van der Waals surface area contributed by atoms with Gasteiger partial charge in [0.15, 0.2) is 0 Å². The molecule has 0 atom stereocenters. The Morgan fingerprint density at radius 1 is 1.17 bits per heavy atom. The molecule has 0 saturated heterocycles. The number of alkyl halides is 3. The highest BCUT2D eigenvalue weighted by atomic mass is 19.4. The second-order valence-electron chi connectivity index (χ2n) is 4.33. The first kappa shape index (κ1) is 16.4. The van der Waals surface area contributed by atoms with Crippen molar-refractivity contribution in [3.8, 4) is 17.6 Å². The highest BCUT2D eigenvalue weighted by Gasteiger charge is 2.38. The van der Waals surface area contributed by atoms with Crippen molar-refractivity contribution in [3.63, 3.8) is 0 Å². The van der Waals surface area contributed by atoms with Crippen LogP contribution in [-0.4, -0.2) is 24.2 Å². The van der Waals surface area contributed by atoms with Gasteiger partial charge < -0.3 is 10.1 Å². The average molecular weight is 320 g/mol. The van der Waals surface area contributed by atoms with Crippen LogP contribution in [0.2, 0.25) is 0 Å². The summed E-state index contributed by atoms with van der Waals surface area (Å²) in [6.07, 6.45) is -3.60. The molecule has 1 amide bonds. The number of hydrogen-bond acceptors (Lipinski definition) is 3. The number of carbonyl (C=O) groups is 1. The minimum absolute atomic E-state index is 0.0425. The van der Waals surface area contributed by atoms with Gasteiger partial charge in [0.1, 0.15) is 11.4 Å². The van der Waals surface area contributed by atoms with Crippen LogP contribution >= 0.6 is 0 Å². The summed E-state index contributed by atoms with van der Waals surface area (Å²) in [5.41, 5.74) is 0.571. The average Bonchev–Trinajstić information content (AvgIpc) is 2.53. The Labute approximate surface area is 130 Å². The van der Waals surface area contributed by atoms with Crippen molar-refractivity contribution in [1.82, 2.24) is 4.98 Å². The van der Waals surface area contributed by atoms with Crippen LogP contribution in [0.1, 0.15) is 11.3 Å². The maximum atomic E-state index is 12.3. The fourth-order valence-corrected chi connectivity index (χ4v) is 1.60. The Hall–Kier alpha value is -3.01. The van der Waals surface area contributed by atoms with Crippen molar-refractivity contribution in [2.45, 2.75) is 6.18 Å². The first-order chi connectivity index (χ1) is 10.9. The van der Waals surface area contributed by atoms with Gasteiger partial charge in [0, 0.05) is 11.8 Å². The molecule has 0 aliphatic carbocycles. The Balaban J connectivity index is 2.24. The van der Waals surface area contributed by atoms with Crippen LogP contribution in [0.4, 0.5) is 18.9 Å². The zero-order chi connectivity index (χ0) is 16.9. The first-order valence-electron chi connectivity index (χ1n) is 6.39. The van der Waals surface area contributed by atoms with Crippen molar-refractivity contribution in [3.05, 3.63) is 53.9 Å². The molecule has 0 aliphatic heterocycles. The lowest BCUT2D eigenvalue weighted by molar-refractivity contribution is -0.167. The molecule has 23 heavy (non-hydrogen) atoms. The number of pyridine rings is 1. The molecular formula is C16H11F3N2O2. The Kier molecular flexibility index (Phi) is 4.86. The molecule has 0 spiro atoms. The van der Waals surface area contributed by atoms with Gasteiger partial charge in [-0.25, -0.2) is 4.98 Å². The summed E-state index contributed by atoms with van der Waals surface area (Å²) in [6.45, 7) is 0. The number of nitrogens with one attached hydrogen (secondary N) is 1. The predicted octanol–water partition coefficient (Wildman–Crippen LogP) is 2.99. The van der Waals surface area contributed by atoms with Crippen molar-refractivity contribution < 1.29 is 22.7 Å². The molecule has 0 bridgehead atoms. The summed E-state index contributed by atoms with van der Waals surface area (Å²) >= 11 is 0. The molecule has 118 valence electrons. The molecule has 0 fully saturated rings. The minimum Gasteiger partial charge on any atom is -0.497 e. The summed E-state index contributed by atoms with van der Waals surface area (Å²) in [6, 6.07) is 9.51. The quantitative estimate of drug-likeness (QED) is 0.866. The lowest BCUT2D eigenvalue weighted by Gasteiger charge is -2.08. The van der Waals surface area contributed by atoms with Gasteiger partial charge in [-0.15, -0.1) is 0 Å². The molecule has 1 aromatic heterocycles. The van der Waals surface area contributed by atoms with E-state index in [1.165, 1.54) is 25.4 Å². The van der Waals surface area contributed by atoms with E-state index in [9.17, 15) is 18.0 Å². The first-order valence-corrected chi connectivity index (χ1v) is 6.39. The number of rotatable bonds is 2. The number of carbonyl (C=O) groups excluding carboxylic acids is 1. The van der Waals surface area contributed by atoms with E-state index in [1.54, 1.807) is 29.6 Å². The SMILES string of the molecule is COc1ccc(C#Cc2ncccc2NC(=O)C(F)(F)F)cc1. The number of nitrogens with zero attached hydrogens (tertiary/aromatic N) is 1. The van der Waals surface area contributed by atoms with E-state index in [4.69, 9.17) is 4.74 Å². The molecule has 0 unspecified atom stereocenters. The molecule has 0 aliphatic rings. The third-order valence-electron chi connectivity index (χ3n) is 2.73. The van der Waals surface area contributed by atoms with E-state index in [0.29, 0.717) is 11.3 Å². The molecule has 4 nitrogen and oxygen atoms in total. The molecule has 0 saturated carbocycles. The van der Waals surface area contributed by atoms with Crippen molar-refractivity contribution in [2.75, 3.05) is 12.4 Å². The Morgan fingerprint density at radius 2 is 1.87 bits per heavy atom. The summed E-state index contributed by atoms with van der Waals surface area (Å²) in [5, 5.41) is 1.76. The third-order valence-corrected chi connectivity index (χ3v) is 2.73. The smallest absolute Gasteiger partial charge is 0.471 e. The van der Waals surface area contributed by atoms with Crippen LogP contribution in [0.5, 0.6) is 5.75 Å². The Morgan fingerprint density at radius 3 is 2.48 bits per heavy atom. The summed E-state index contributed by atoms with van der Waals surface area (Å²) in [4.78, 5) is 14.9. The van der Waals surface area contributed by atoms with Crippen LogP contribution in [0.25, 0.3) is 0 Å². The number of hydrogen-bond donors (Lipinski definition) is 1. The number of methoxy groups -OCH3 is 1. The van der Waals surface area contributed by atoms with Crippen LogP contribution < -0.4 is 10.1 Å². The lowest BCUT2D eigenvalue weighted by atomic mass is 10.2. The van der Waals surface area contributed by atoms with Gasteiger partial charge in [-0.05, 0) is 42.3 Å². The second-order valence-corrected chi connectivity index (χ2v) is 4.33. The van der Waals surface area contributed by atoms with E-state index in [0.717, 1.165) is 0 Å². The standard InChI is InChI=1S/C16H11F3N2O2/c1-23-12-7-4-11(5-8-12)6-9-13-14(3-2-10-20-13)21-15(22)16(17,18)19/h2-5,7-8,10H,1H3,(H,21,22). The zero-order valence-electron chi connectivity index (χ0n) is 11.9. The monoisotopic (exact) mass is 320 g/mol. The van der Waals surface area contributed by atoms with E-state index in [1.807, 2.05) is 0 Å². The van der Waals surface area contributed by atoms with Gasteiger partial charge in [-0.1, -0.05) is 5.92 Å². The van der Waals surface area contributed by atoms with Gasteiger partial charge in [-0.2, -0.15) is 13.2 Å². The van der Waals surface area contributed by atoms with E-state index in [-0.39, 0.29) is 11.4 Å². The molecule has 2 aromatic rings. The summed E-state index contributed by atoms with van der Waals surface area (Å²) in [7, 11) is 1.53. The zero-order valence-corrected chi connectivity index (χ0v) is 11.9. The summed E-state index contributed by atoms with van der Waals surface area (Å²) < 4.78 is 41.9. The van der Waals surface area contributed by atoms with Crippen LogP contribution in [0.15, 0.2) is 42.6 Å². The van der Waals surface area contributed by atoms with Crippen molar-refractivity contribution >= 4 is 11.6 Å². The normalized spacial score (nSPS) is 10.4. The molecule has 2 rings (SSSR count). The van der Waals surface area contributed by atoms with Gasteiger partial charge in [0.2, 0.25) is 0 Å². The molecule has 1 N–H and O–H groups in total. The molecular weight excluding hydrogens is 309 g/mol. The fraction of sp³-hybridized carbons (Fsp3) is 0.125. The van der Waals surface area contributed by atoms with E-state index in [2.05, 4.69) is 16.8 Å².